The molecule has 92 valence electrons. The summed E-state index contributed by atoms with van der Waals surface area (Å²) in [5.41, 5.74) is 0.993. The molecule has 0 radical (unpaired) electrons. The minimum atomic E-state index is 0.0812. The van der Waals surface area contributed by atoms with Crippen LogP contribution < -0.4 is 0 Å². The number of hydrogen-bond donors (Lipinski definition) is 2. The van der Waals surface area contributed by atoms with E-state index in [2.05, 4.69) is 4.98 Å². The molecule has 2 aromatic rings. The molecule has 0 spiro atoms. The van der Waals surface area contributed by atoms with Crippen LogP contribution in [-0.2, 0) is 0 Å². The van der Waals surface area contributed by atoms with Gasteiger partial charge < -0.3 is 10.2 Å². The van der Waals surface area contributed by atoms with Crippen molar-refractivity contribution in [2.45, 2.75) is 4.34 Å². The van der Waals surface area contributed by atoms with Crippen LogP contribution in [0, 0.1) is 0 Å². The van der Waals surface area contributed by atoms with Crippen LogP contribution in [0.15, 0.2) is 28.6 Å². The second kappa shape index (κ2) is 6.32. The molecule has 17 heavy (non-hydrogen) atoms. The van der Waals surface area contributed by atoms with Gasteiger partial charge in [0.1, 0.15) is 0 Å². The monoisotopic (exact) mass is 270 g/mol. The first-order valence-corrected chi connectivity index (χ1v) is 6.92. The highest BCUT2D eigenvalue weighted by Gasteiger charge is 2.10. The number of fused-ring (bicyclic) bond motifs is 1. The smallest absolute Gasteiger partial charge is 0.166 e. The molecular weight excluding hydrogens is 256 g/mol. The predicted molar refractivity (Wildman–Crippen MR) is 71.2 cm³/mol. The van der Waals surface area contributed by atoms with Crippen LogP contribution in [0.2, 0.25) is 0 Å². The van der Waals surface area contributed by atoms with Crippen molar-refractivity contribution in [2.24, 2.45) is 0 Å². The lowest BCUT2D eigenvalue weighted by Gasteiger charge is -2.16. The third-order valence-electron chi connectivity index (χ3n) is 2.18. The van der Waals surface area contributed by atoms with E-state index in [0.717, 1.165) is 14.6 Å². The van der Waals surface area contributed by atoms with Crippen molar-refractivity contribution in [1.82, 2.24) is 9.29 Å². The topological polar surface area (TPSA) is 56.6 Å². The molecule has 0 amide bonds. The van der Waals surface area contributed by atoms with Crippen LogP contribution in [0.3, 0.4) is 0 Å². The molecule has 0 unspecified atom stereocenters. The molecule has 6 heteroatoms. The van der Waals surface area contributed by atoms with Gasteiger partial charge in [-0.05, 0) is 24.1 Å². The first-order valence-electron chi connectivity index (χ1n) is 5.33. The van der Waals surface area contributed by atoms with Crippen molar-refractivity contribution < 1.29 is 10.2 Å². The van der Waals surface area contributed by atoms with E-state index in [0.29, 0.717) is 13.1 Å². The molecule has 1 aromatic carbocycles. The SMILES string of the molecule is OCCN(CCO)Sc1nc2ccccc2s1. The summed E-state index contributed by atoms with van der Waals surface area (Å²) >= 11 is 3.11. The lowest BCUT2D eigenvalue weighted by atomic mass is 10.3. The van der Waals surface area contributed by atoms with Gasteiger partial charge in [-0.2, -0.15) is 0 Å². The Morgan fingerprint density at radius 2 is 1.88 bits per heavy atom. The van der Waals surface area contributed by atoms with Crippen LogP contribution in [0.5, 0.6) is 0 Å². The van der Waals surface area contributed by atoms with E-state index in [4.69, 9.17) is 10.2 Å². The molecule has 0 aliphatic heterocycles. The van der Waals surface area contributed by atoms with E-state index in [-0.39, 0.29) is 13.2 Å². The summed E-state index contributed by atoms with van der Waals surface area (Å²) in [6, 6.07) is 7.99. The van der Waals surface area contributed by atoms with Crippen LogP contribution in [-0.4, -0.2) is 45.8 Å². The molecule has 0 bridgehead atoms. The van der Waals surface area contributed by atoms with Crippen molar-refractivity contribution in [2.75, 3.05) is 26.3 Å². The second-order valence-electron chi connectivity index (χ2n) is 3.42. The van der Waals surface area contributed by atoms with E-state index in [1.165, 1.54) is 11.9 Å². The molecule has 2 N–H and O–H groups in total. The summed E-state index contributed by atoms with van der Waals surface area (Å²) in [5.74, 6) is 0. The van der Waals surface area contributed by atoms with Gasteiger partial charge in [0.25, 0.3) is 0 Å². The van der Waals surface area contributed by atoms with Crippen LogP contribution in [0.25, 0.3) is 10.2 Å². The van der Waals surface area contributed by atoms with Crippen molar-refractivity contribution >= 4 is 33.5 Å². The lowest BCUT2D eigenvalue weighted by molar-refractivity contribution is 0.226. The number of aliphatic hydroxyl groups excluding tert-OH is 2. The fraction of sp³-hybridized carbons (Fsp3) is 0.364. The Kier molecular flexibility index (Phi) is 4.75. The molecule has 0 aliphatic rings. The van der Waals surface area contributed by atoms with E-state index < -0.39 is 0 Å². The Morgan fingerprint density at radius 1 is 1.18 bits per heavy atom. The number of aliphatic hydroxyl groups is 2. The molecule has 2 rings (SSSR count). The van der Waals surface area contributed by atoms with Gasteiger partial charge in [-0.25, -0.2) is 9.29 Å². The Balaban J connectivity index is 2.10. The molecule has 0 fully saturated rings. The lowest BCUT2D eigenvalue weighted by Crippen LogP contribution is -2.22. The largest absolute Gasteiger partial charge is 0.395 e. The minimum absolute atomic E-state index is 0.0812. The molecular formula is C11H14N2O2S2. The van der Waals surface area contributed by atoms with Crippen LogP contribution in [0.4, 0.5) is 0 Å². The highest BCUT2D eigenvalue weighted by atomic mass is 32.2. The van der Waals surface area contributed by atoms with Gasteiger partial charge in [0.2, 0.25) is 0 Å². The fourth-order valence-corrected chi connectivity index (χ4v) is 3.56. The van der Waals surface area contributed by atoms with Gasteiger partial charge in [-0.15, -0.1) is 11.3 Å². The van der Waals surface area contributed by atoms with E-state index >= 15 is 0 Å². The summed E-state index contributed by atoms with van der Waals surface area (Å²) in [6.45, 7) is 1.22. The first kappa shape index (κ1) is 12.8. The van der Waals surface area contributed by atoms with Gasteiger partial charge in [0.15, 0.2) is 4.34 Å². The maximum Gasteiger partial charge on any atom is 0.166 e. The van der Waals surface area contributed by atoms with Gasteiger partial charge in [-0.1, -0.05) is 12.1 Å². The highest BCUT2D eigenvalue weighted by molar-refractivity contribution is 7.98. The molecule has 0 saturated carbocycles. The zero-order valence-electron chi connectivity index (χ0n) is 9.24. The van der Waals surface area contributed by atoms with Gasteiger partial charge >= 0.3 is 0 Å². The minimum Gasteiger partial charge on any atom is -0.395 e. The molecule has 0 atom stereocenters. The van der Waals surface area contributed by atoms with Crippen molar-refractivity contribution in [3.05, 3.63) is 24.3 Å². The summed E-state index contributed by atoms with van der Waals surface area (Å²) in [7, 11) is 0. The van der Waals surface area contributed by atoms with E-state index in [9.17, 15) is 0 Å². The van der Waals surface area contributed by atoms with Crippen molar-refractivity contribution in [3.8, 4) is 0 Å². The maximum atomic E-state index is 8.93. The van der Waals surface area contributed by atoms with Crippen LogP contribution >= 0.6 is 23.3 Å². The standard InChI is InChI=1S/C11H14N2O2S2/c14-7-5-13(6-8-15)17-11-12-9-3-1-2-4-10(9)16-11/h1-4,14-15H,5-8H2. The number of benzene rings is 1. The number of rotatable bonds is 6. The fourth-order valence-electron chi connectivity index (χ4n) is 1.43. The average molecular weight is 270 g/mol. The number of nitrogens with zero attached hydrogens (tertiary/aromatic N) is 2. The third kappa shape index (κ3) is 3.40. The zero-order chi connectivity index (χ0) is 12.1. The number of thiazole rings is 1. The van der Waals surface area contributed by atoms with Crippen LogP contribution in [0.1, 0.15) is 0 Å². The average Bonchev–Trinajstić information content (AvgIpc) is 2.71. The van der Waals surface area contributed by atoms with Crippen molar-refractivity contribution in [1.29, 1.82) is 0 Å². The Morgan fingerprint density at radius 3 is 2.53 bits per heavy atom. The predicted octanol–water partition coefficient (Wildman–Crippen LogP) is 1.59. The maximum absolute atomic E-state index is 8.93. The second-order valence-corrected chi connectivity index (χ2v) is 5.79. The Bertz CT molecular complexity index is 436. The van der Waals surface area contributed by atoms with E-state index in [1.807, 2.05) is 28.6 Å². The van der Waals surface area contributed by atoms with Gasteiger partial charge in [0, 0.05) is 13.1 Å². The van der Waals surface area contributed by atoms with Gasteiger partial charge in [-0.3, -0.25) is 0 Å². The molecule has 1 aromatic heterocycles. The molecule has 0 saturated heterocycles. The molecule has 1 heterocycles. The first-order chi connectivity index (χ1) is 8.33. The third-order valence-corrected chi connectivity index (χ3v) is 4.36. The molecule has 4 nitrogen and oxygen atoms in total. The highest BCUT2D eigenvalue weighted by Crippen LogP contribution is 2.30. The normalized spacial score (nSPS) is 11.5. The summed E-state index contributed by atoms with van der Waals surface area (Å²) in [4.78, 5) is 4.49. The quantitative estimate of drug-likeness (QED) is 0.781. The Labute approximate surface area is 108 Å². The Hall–Kier alpha value is -0.660. The van der Waals surface area contributed by atoms with Gasteiger partial charge in [0.05, 0.1) is 23.4 Å². The summed E-state index contributed by atoms with van der Waals surface area (Å²) < 4.78 is 4.01. The zero-order valence-corrected chi connectivity index (χ0v) is 10.9. The number of aromatic nitrogens is 1. The summed E-state index contributed by atoms with van der Waals surface area (Å²) in [6.07, 6.45) is 0. The molecule has 0 aliphatic carbocycles. The number of hydrogen-bond acceptors (Lipinski definition) is 6. The summed E-state index contributed by atoms with van der Waals surface area (Å²) in [5, 5.41) is 17.9. The van der Waals surface area contributed by atoms with Crippen molar-refractivity contribution in [3.63, 3.8) is 0 Å². The number of para-hydroxylation sites is 1. The van der Waals surface area contributed by atoms with E-state index in [1.54, 1.807) is 11.3 Å².